The maximum Gasteiger partial charge on any atom is 0.291 e. The van der Waals surface area contributed by atoms with E-state index in [0.717, 1.165) is 0 Å². The van der Waals surface area contributed by atoms with E-state index in [1.165, 1.54) is 0 Å². The highest BCUT2D eigenvalue weighted by Crippen LogP contribution is 2.29. The van der Waals surface area contributed by atoms with Crippen molar-refractivity contribution in [1.29, 1.82) is 0 Å². The second-order valence-corrected chi connectivity index (χ2v) is 6.55. The van der Waals surface area contributed by atoms with E-state index in [9.17, 15) is 9.59 Å². The molecule has 2 N–H and O–H groups in total. The summed E-state index contributed by atoms with van der Waals surface area (Å²) in [6.45, 7) is 3.53. The fraction of sp³-hybridized carbons (Fsp3) is 0.0952. The molecule has 2 aromatic carbocycles. The van der Waals surface area contributed by atoms with Crippen LogP contribution in [-0.4, -0.2) is 17.5 Å². The molecule has 0 saturated carbocycles. The highest BCUT2D eigenvalue weighted by Gasteiger charge is 2.17. The van der Waals surface area contributed by atoms with Crippen LogP contribution in [0.4, 0.5) is 5.69 Å². The molecule has 0 unspecified atom stereocenters. The molecule has 0 aliphatic carbocycles. The Morgan fingerprint density at radius 1 is 0.929 bits per heavy atom. The number of nitrogens with zero attached hydrogens (tertiary/aromatic N) is 1. The molecule has 0 fully saturated rings. The predicted octanol–water partition coefficient (Wildman–Crippen LogP) is 4.98. The molecule has 0 saturated heterocycles. The molecule has 3 rings (SSSR count). The molecule has 2 amide bonds. The molecule has 0 bridgehead atoms. The topological polar surface area (TPSA) is 83.7 Å². The molecule has 0 radical (unpaired) electrons. The van der Waals surface area contributed by atoms with Gasteiger partial charge >= 0.3 is 0 Å². The molecule has 6 nitrogen and oxygen atoms in total. The van der Waals surface area contributed by atoms with Gasteiger partial charge in [0.2, 0.25) is 0 Å². The van der Waals surface area contributed by atoms with Crippen molar-refractivity contribution in [3.63, 3.8) is 0 Å². The fourth-order valence-electron chi connectivity index (χ4n) is 2.46. The molecule has 28 heavy (non-hydrogen) atoms. The SMILES string of the molecule is CC(C)=NNC(=O)c1ccccc1NC(=O)c1ccc(-c2ccccc2Cl)o1. The summed E-state index contributed by atoms with van der Waals surface area (Å²) in [5.41, 5.74) is 4.48. The summed E-state index contributed by atoms with van der Waals surface area (Å²) >= 11 is 6.17. The second-order valence-electron chi connectivity index (χ2n) is 6.14. The Kier molecular flexibility index (Phi) is 5.91. The van der Waals surface area contributed by atoms with Gasteiger partial charge in [-0.05, 0) is 50.2 Å². The molecule has 7 heteroatoms. The molecule has 0 aliphatic heterocycles. The van der Waals surface area contributed by atoms with E-state index in [1.807, 2.05) is 12.1 Å². The average molecular weight is 396 g/mol. The van der Waals surface area contributed by atoms with Gasteiger partial charge in [-0.25, -0.2) is 5.43 Å². The Hall–Kier alpha value is -3.38. The lowest BCUT2D eigenvalue weighted by Crippen LogP contribution is -2.21. The van der Waals surface area contributed by atoms with Gasteiger partial charge in [-0.15, -0.1) is 0 Å². The van der Waals surface area contributed by atoms with Crippen LogP contribution in [0.1, 0.15) is 34.8 Å². The average Bonchev–Trinajstić information content (AvgIpc) is 3.17. The standard InChI is InChI=1S/C21H18ClN3O3/c1-13(2)24-25-20(26)15-8-4-6-10-17(15)23-21(27)19-12-11-18(28-19)14-7-3-5-9-16(14)22/h3-12H,1-2H3,(H,23,27)(H,25,26). The van der Waals surface area contributed by atoms with Crippen LogP contribution >= 0.6 is 11.6 Å². The second kappa shape index (κ2) is 8.54. The summed E-state index contributed by atoms with van der Waals surface area (Å²) in [6.07, 6.45) is 0. The van der Waals surface area contributed by atoms with Gasteiger partial charge in [-0.3, -0.25) is 9.59 Å². The van der Waals surface area contributed by atoms with Gasteiger partial charge in [0, 0.05) is 11.3 Å². The Balaban J connectivity index is 1.80. The molecule has 1 aromatic heterocycles. The van der Waals surface area contributed by atoms with Gasteiger partial charge in [0.05, 0.1) is 16.3 Å². The van der Waals surface area contributed by atoms with E-state index < -0.39 is 11.8 Å². The number of anilines is 1. The van der Waals surface area contributed by atoms with Crippen LogP contribution in [0.25, 0.3) is 11.3 Å². The highest BCUT2D eigenvalue weighted by molar-refractivity contribution is 6.33. The van der Waals surface area contributed by atoms with Crippen LogP contribution in [0.15, 0.2) is 70.2 Å². The number of nitrogens with one attached hydrogen (secondary N) is 2. The number of carbonyl (C=O) groups is 2. The minimum absolute atomic E-state index is 0.104. The summed E-state index contributed by atoms with van der Waals surface area (Å²) in [7, 11) is 0. The first kappa shape index (κ1) is 19.4. The number of furan rings is 1. The molecular weight excluding hydrogens is 378 g/mol. The first-order chi connectivity index (χ1) is 13.5. The van der Waals surface area contributed by atoms with E-state index in [0.29, 0.717) is 33.3 Å². The third kappa shape index (κ3) is 4.47. The smallest absolute Gasteiger partial charge is 0.291 e. The number of hydrogen-bond acceptors (Lipinski definition) is 4. The quantitative estimate of drug-likeness (QED) is 0.472. The van der Waals surface area contributed by atoms with Gasteiger partial charge < -0.3 is 9.73 Å². The number of benzene rings is 2. The predicted molar refractivity (Wildman–Crippen MR) is 110 cm³/mol. The third-order valence-corrected chi connectivity index (χ3v) is 4.10. The molecule has 0 aliphatic rings. The zero-order valence-corrected chi connectivity index (χ0v) is 16.1. The maximum absolute atomic E-state index is 12.6. The lowest BCUT2D eigenvalue weighted by atomic mass is 10.1. The van der Waals surface area contributed by atoms with E-state index in [1.54, 1.807) is 62.4 Å². The highest BCUT2D eigenvalue weighted by atomic mass is 35.5. The van der Waals surface area contributed by atoms with Crippen molar-refractivity contribution in [3.05, 3.63) is 77.0 Å². The van der Waals surface area contributed by atoms with Crippen LogP contribution < -0.4 is 10.7 Å². The van der Waals surface area contributed by atoms with E-state index in [2.05, 4.69) is 15.8 Å². The molecule has 3 aromatic rings. The Morgan fingerprint density at radius 3 is 2.39 bits per heavy atom. The van der Waals surface area contributed by atoms with Crippen LogP contribution in [0, 0.1) is 0 Å². The lowest BCUT2D eigenvalue weighted by Gasteiger charge is -2.09. The number of para-hydroxylation sites is 1. The number of hydrogen-bond donors (Lipinski definition) is 2. The van der Waals surface area contributed by atoms with Gasteiger partial charge in [-0.2, -0.15) is 5.10 Å². The molecule has 142 valence electrons. The van der Waals surface area contributed by atoms with Crippen molar-refractivity contribution in [2.24, 2.45) is 5.10 Å². The van der Waals surface area contributed by atoms with Gasteiger partial charge in [0.25, 0.3) is 11.8 Å². The number of rotatable bonds is 5. The molecule has 0 spiro atoms. The van der Waals surface area contributed by atoms with E-state index >= 15 is 0 Å². The van der Waals surface area contributed by atoms with Crippen LogP contribution in [0.3, 0.4) is 0 Å². The third-order valence-electron chi connectivity index (χ3n) is 3.77. The fourth-order valence-corrected chi connectivity index (χ4v) is 2.69. The first-order valence-electron chi connectivity index (χ1n) is 8.52. The summed E-state index contributed by atoms with van der Waals surface area (Å²) in [4.78, 5) is 24.9. The summed E-state index contributed by atoms with van der Waals surface area (Å²) in [5.74, 6) is -0.316. The van der Waals surface area contributed by atoms with Gasteiger partial charge in [0.15, 0.2) is 5.76 Å². The largest absolute Gasteiger partial charge is 0.451 e. The molecule has 1 heterocycles. The summed E-state index contributed by atoms with van der Waals surface area (Å²) in [5, 5.41) is 7.12. The molecular formula is C21H18ClN3O3. The van der Waals surface area contributed by atoms with E-state index in [4.69, 9.17) is 16.0 Å². The summed E-state index contributed by atoms with van der Waals surface area (Å²) < 4.78 is 5.64. The maximum atomic E-state index is 12.6. The van der Waals surface area contributed by atoms with Gasteiger partial charge in [-0.1, -0.05) is 35.9 Å². The lowest BCUT2D eigenvalue weighted by molar-refractivity contribution is 0.0955. The van der Waals surface area contributed by atoms with E-state index in [-0.39, 0.29) is 5.76 Å². The minimum atomic E-state index is -0.478. The van der Waals surface area contributed by atoms with Crippen LogP contribution in [0.5, 0.6) is 0 Å². The van der Waals surface area contributed by atoms with Crippen molar-refractivity contribution < 1.29 is 14.0 Å². The van der Waals surface area contributed by atoms with Crippen LogP contribution in [0.2, 0.25) is 5.02 Å². The normalized spacial score (nSPS) is 10.2. The minimum Gasteiger partial charge on any atom is -0.451 e. The Bertz CT molecular complexity index is 1050. The van der Waals surface area contributed by atoms with Crippen molar-refractivity contribution in [2.75, 3.05) is 5.32 Å². The number of hydrazone groups is 1. The zero-order chi connectivity index (χ0) is 20.1. The zero-order valence-electron chi connectivity index (χ0n) is 15.3. The number of carbonyl (C=O) groups excluding carboxylic acids is 2. The van der Waals surface area contributed by atoms with Crippen molar-refractivity contribution in [1.82, 2.24) is 5.43 Å². The van der Waals surface area contributed by atoms with Crippen molar-refractivity contribution >= 4 is 34.8 Å². The van der Waals surface area contributed by atoms with Crippen LogP contribution in [-0.2, 0) is 0 Å². The monoisotopic (exact) mass is 395 g/mol. The van der Waals surface area contributed by atoms with Gasteiger partial charge in [0.1, 0.15) is 5.76 Å². The number of halogens is 1. The Labute approximate surface area is 167 Å². The van der Waals surface area contributed by atoms with Crippen molar-refractivity contribution in [2.45, 2.75) is 13.8 Å². The molecule has 0 atom stereocenters. The summed E-state index contributed by atoms with van der Waals surface area (Å²) in [6, 6.07) is 17.1. The number of amides is 2. The van der Waals surface area contributed by atoms with Crippen molar-refractivity contribution in [3.8, 4) is 11.3 Å². The first-order valence-corrected chi connectivity index (χ1v) is 8.90. The Morgan fingerprint density at radius 2 is 1.64 bits per heavy atom.